The van der Waals surface area contributed by atoms with Crippen molar-refractivity contribution >= 4 is 35.4 Å². The van der Waals surface area contributed by atoms with Crippen LogP contribution in [0.15, 0.2) is 83.1 Å². The molecule has 11 nitrogen and oxygen atoms in total. The van der Waals surface area contributed by atoms with Crippen molar-refractivity contribution in [2.24, 2.45) is 5.10 Å². The van der Waals surface area contributed by atoms with E-state index in [4.69, 9.17) is 31.2 Å². The molecule has 12 heteroatoms. The summed E-state index contributed by atoms with van der Waals surface area (Å²) in [5, 5.41) is 19.8. The van der Waals surface area contributed by atoms with E-state index in [0.29, 0.717) is 50.3 Å². The Hall–Kier alpha value is -5.41. The van der Waals surface area contributed by atoms with Gasteiger partial charge < -0.3 is 29.6 Å². The molecule has 1 aliphatic heterocycles. The van der Waals surface area contributed by atoms with Crippen LogP contribution in [0.1, 0.15) is 42.1 Å². The number of thiocarbonyl (C=S) groups is 1. The van der Waals surface area contributed by atoms with Crippen LogP contribution in [0, 0.1) is 11.3 Å². The van der Waals surface area contributed by atoms with Gasteiger partial charge in [-0.1, -0.05) is 42.5 Å². The number of nitriles is 1. The second-order valence-corrected chi connectivity index (χ2v) is 9.75. The predicted molar refractivity (Wildman–Crippen MR) is 167 cm³/mol. The lowest BCUT2D eigenvalue weighted by atomic mass is 9.95. The standard InChI is InChI=1S/C32H31N5O6S/c1-4-41-31(39)28-20(2)35-32(44)36-29(28)24-13-7-8-14-25(24)42-19-27(38)37-34-17-22-12-9-15-26(40-3)30(22)43-18-23-11-6-5-10-21(23)16-33/h5-15,17,29H,4,18-19H2,1-3H3,(H,37,38)(H2,35,36,44)/t29-/m0/s1. The molecule has 1 aliphatic rings. The lowest BCUT2D eigenvalue weighted by molar-refractivity contribution is -0.139. The normalized spacial score (nSPS) is 14.2. The third-order valence-corrected chi connectivity index (χ3v) is 6.71. The second kappa shape index (κ2) is 15.2. The number of carbonyl (C=O) groups is 2. The molecule has 3 aromatic carbocycles. The third-order valence-electron chi connectivity index (χ3n) is 6.49. The number of para-hydroxylation sites is 2. The Labute approximate surface area is 260 Å². The Bertz CT molecular complexity index is 1650. The zero-order valence-electron chi connectivity index (χ0n) is 24.4. The van der Waals surface area contributed by atoms with Gasteiger partial charge in [0.15, 0.2) is 23.2 Å². The monoisotopic (exact) mass is 613 g/mol. The molecule has 3 N–H and O–H groups in total. The van der Waals surface area contributed by atoms with Crippen molar-refractivity contribution in [1.29, 1.82) is 5.26 Å². The quantitative estimate of drug-likeness (QED) is 0.119. The number of allylic oxidation sites excluding steroid dienone is 1. The van der Waals surface area contributed by atoms with Crippen LogP contribution in [0.5, 0.6) is 17.2 Å². The summed E-state index contributed by atoms with van der Waals surface area (Å²) in [6.07, 6.45) is 1.43. The van der Waals surface area contributed by atoms with Gasteiger partial charge in [-0.2, -0.15) is 10.4 Å². The summed E-state index contributed by atoms with van der Waals surface area (Å²) in [6, 6.07) is 20.9. The van der Waals surface area contributed by atoms with Crippen LogP contribution in [-0.2, 0) is 20.9 Å². The van der Waals surface area contributed by atoms with Gasteiger partial charge in [0, 0.05) is 22.4 Å². The van der Waals surface area contributed by atoms with Gasteiger partial charge in [0.1, 0.15) is 12.4 Å². The maximum atomic E-state index is 12.8. The van der Waals surface area contributed by atoms with E-state index in [0.717, 1.165) is 5.56 Å². The summed E-state index contributed by atoms with van der Waals surface area (Å²) < 4.78 is 22.6. The number of nitrogens with one attached hydrogen (secondary N) is 3. The average molecular weight is 614 g/mol. The van der Waals surface area contributed by atoms with E-state index in [1.165, 1.54) is 13.3 Å². The topological polar surface area (TPSA) is 143 Å². The van der Waals surface area contributed by atoms with Gasteiger partial charge >= 0.3 is 5.97 Å². The molecule has 0 saturated heterocycles. The maximum absolute atomic E-state index is 12.8. The van der Waals surface area contributed by atoms with Crippen LogP contribution in [0.2, 0.25) is 0 Å². The SMILES string of the molecule is CCOC(=O)C1=C(C)NC(=S)N[C@H]1c1ccccc1OCC(=O)NN=Cc1cccc(OC)c1OCc1ccccc1C#N. The number of nitrogens with zero attached hydrogens (tertiary/aromatic N) is 2. The van der Waals surface area contributed by atoms with Crippen LogP contribution in [0.4, 0.5) is 0 Å². The molecule has 44 heavy (non-hydrogen) atoms. The largest absolute Gasteiger partial charge is 0.493 e. The molecule has 4 rings (SSSR count). The summed E-state index contributed by atoms with van der Waals surface area (Å²) in [5.41, 5.74) is 5.75. The number of ether oxygens (including phenoxy) is 4. The van der Waals surface area contributed by atoms with Gasteiger partial charge in [-0.3, -0.25) is 4.79 Å². The molecule has 1 heterocycles. The maximum Gasteiger partial charge on any atom is 0.338 e. The van der Waals surface area contributed by atoms with Crippen molar-refractivity contribution in [3.8, 4) is 23.3 Å². The summed E-state index contributed by atoms with van der Waals surface area (Å²) in [6.45, 7) is 3.46. The molecular formula is C32H31N5O6S. The number of amides is 1. The first-order valence-electron chi connectivity index (χ1n) is 13.6. The fraction of sp³-hybridized carbons (Fsp3) is 0.219. The molecule has 0 radical (unpaired) electrons. The number of hydrogen-bond donors (Lipinski definition) is 3. The smallest absolute Gasteiger partial charge is 0.338 e. The van der Waals surface area contributed by atoms with Crippen molar-refractivity contribution in [3.63, 3.8) is 0 Å². The molecule has 0 saturated carbocycles. The van der Waals surface area contributed by atoms with Gasteiger partial charge in [-0.15, -0.1) is 0 Å². The zero-order valence-corrected chi connectivity index (χ0v) is 25.2. The third kappa shape index (κ3) is 7.70. The van der Waals surface area contributed by atoms with Crippen LogP contribution >= 0.6 is 12.2 Å². The van der Waals surface area contributed by atoms with E-state index < -0.39 is 17.9 Å². The molecule has 0 spiro atoms. The van der Waals surface area contributed by atoms with Crippen molar-refractivity contribution < 1.29 is 28.5 Å². The number of esters is 1. The van der Waals surface area contributed by atoms with Crippen LogP contribution in [-0.4, -0.2) is 43.5 Å². The molecule has 0 aliphatic carbocycles. The van der Waals surface area contributed by atoms with Gasteiger partial charge in [0.25, 0.3) is 5.91 Å². The Morgan fingerprint density at radius 1 is 1.07 bits per heavy atom. The fourth-order valence-electron chi connectivity index (χ4n) is 4.46. The molecule has 1 amide bonds. The Morgan fingerprint density at radius 2 is 1.82 bits per heavy atom. The lowest BCUT2D eigenvalue weighted by Crippen LogP contribution is -2.45. The van der Waals surface area contributed by atoms with Gasteiger partial charge in [0.2, 0.25) is 0 Å². The highest BCUT2D eigenvalue weighted by molar-refractivity contribution is 7.80. The van der Waals surface area contributed by atoms with E-state index in [1.807, 2.05) is 12.1 Å². The predicted octanol–water partition coefficient (Wildman–Crippen LogP) is 4.03. The van der Waals surface area contributed by atoms with Crippen molar-refractivity contribution in [3.05, 3.63) is 100 Å². The highest BCUT2D eigenvalue weighted by Gasteiger charge is 2.32. The zero-order chi connectivity index (χ0) is 31.5. The van der Waals surface area contributed by atoms with Crippen LogP contribution in [0.3, 0.4) is 0 Å². The first-order chi connectivity index (χ1) is 21.4. The van der Waals surface area contributed by atoms with E-state index in [-0.39, 0.29) is 19.8 Å². The van der Waals surface area contributed by atoms with E-state index in [1.54, 1.807) is 68.4 Å². The molecule has 226 valence electrons. The number of methoxy groups -OCH3 is 1. The Kier molecular flexibility index (Phi) is 10.9. The number of hydrazone groups is 1. The summed E-state index contributed by atoms with van der Waals surface area (Å²) in [5.74, 6) is 0.237. The number of rotatable bonds is 12. The molecule has 0 unspecified atom stereocenters. The minimum Gasteiger partial charge on any atom is -0.493 e. The fourth-order valence-corrected chi connectivity index (χ4v) is 4.73. The summed E-state index contributed by atoms with van der Waals surface area (Å²) in [4.78, 5) is 25.4. The van der Waals surface area contributed by atoms with Crippen LogP contribution < -0.4 is 30.3 Å². The van der Waals surface area contributed by atoms with Gasteiger partial charge in [-0.25, -0.2) is 10.2 Å². The van der Waals surface area contributed by atoms with Crippen molar-refractivity contribution in [1.82, 2.24) is 16.1 Å². The molecule has 0 fully saturated rings. The second-order valence-electron chi connectivity index (χ2n) is 9.35. The van der Waals surface area contributed by atoms with Crippen LogP contribution in [0.25, 0.3) is 0 Å². The lowest BCUT2D eigenvalue weighted by Gasteiger charge is -2.30. The van der Waals surface area contributed by atoms with E-state index >= 15 is 0 Å². The highest BCUT2D eigenvalue weighted by Crippen LogP contribution is 2.34. The van der Waals surface area contributed by atoms with E-state index in [9.17, 15) is 14.9 Å². The molecule has 1 atom stereocenters. The molecular weight excluding hydrogens is 582 g/mol. The molecule has 3 aromatic rings. The van der Waals surface area contributed by atoms with Gasteiger partial charge in [-0.05, 0) is 50.3 Å². The van der Waals surface area contributed by atoms with Crippen molar-refractivity contribution in [2.75, 3.05) is 20.3 Å². The Morgan fingerprint density at radius 3 is 2.59 bits per heavy atom. The van der Waals surface area contributed by atoms with Gasteiger partial charge in [0.05, 0.1) is 43.2 Å². The summed E-state index contributed by atoms with van der Waals surface area (Å²) >= 11 is 5.32. The van der Waals surface area contributed by atoms with Crippen molar-refractivity contribution in [2.45, 2.75) is 26.5 Å². The highest BCUT2D eigenvalue weighted by atomic mass is 32.1. The first kappa shape index (κ1) is 31.5. The van der Waals surface area contributed by atoms with E-state index in [2.05, 4.69) is 27.2 Å². The minimum absolute atomic E-state index is 0.133. The number of carbonyl (C=O) groups excluding carboxylic acids is 2. The minimum atomic E-state index is -0.647. The number of hydrogen-bond acceptors (Lipinski definition) is 9. The molecule has 0 aromatic heterocycles. The summed E-state index contributed by atoms with van der Waals surface area (Å²) in [7, 11) is 1.52. The Balaban J connectivity index is 1.44. The molecule has 0 bridgehead atoms. The number of benzene rings is 3. The first-order valence-corrected chi connectivity index (χ1v) is 14.0. The average Bonchev–Trinajstić information content (AvgIpc) is 3.03.